The molecule has 1 saturated carbocycles. The van der Waals surface area contributed by atoms with Crippen molar-refractivity contribution in [3.05, 3.63) is 34.9 Å². The third-order valence-electron chi connectivity index (χ3n) is 7.07. The smallest absolute Gasteiger partial charge is 0.317 e. The lowest BCUT2D eigenvalue weighted by Crippen LogP contribution is -2.52. The van der Waals surface area contributed by atoms with Crippen molar-refractivity contribution in [2.75, 3.05) is 39.9 Å². The summed E-state index contributed by atoms with van der Waals surface area (Å²) in [6.07, 6.45) is 10.0. The molecule has 3 rings (SSSR count). The first kappa shape index (κ1) is 26.3. The summed E-state index contributed by atoms with van der Waals surface area (Å²) in [4.78, 5) is 15.2. The number of nitrogens with one attached hydrogen (secondary N) is 2. The molecule has 3 N–H and O–H groups in total. The van der Waals surface area contributed by atoms with Gasteiger partial charge in [-0.15, -0.1) is 0 Å². The quantitative estimate of drug-likeness (QED) is 0.400. The van der Waals surface area contributed by atoms with Gasteiger partial charge in [0.2, 0.25) is 0 Å². The largest absolute Gasteiger partial charge is 0.396 e. The summed E-state index contributed by atoms with van der Waals surface area (Å²) in [6, 6.07) is 8.01. The molecule has 2 fully saturated rings. The van der Waals surface area contributed by atoms with E-state index in [0.29, 0.717) is 24.6 Å². The van der Waals surface area contributed by atoms with Crippen LogP contribution in [0.5, 0.6) is 0 Å². The minimum atomic E-state index is -0.138. The molecule has 1 heterocycles. The molecule has 7 heteroatoms. The molecule has 1 aliphatic carbocycles. The van der Waals surface area contributed by atoms with Crippen LogP contribution in [0, 0.1) is 11.8 Å². The molecule has 2 amide bonds. The van der Waals surface area contributed by atoms with E-state index in [9.17, 15) is 9.90 Å². The number of rotatable bonds is 11. The maximum absolute atomic E-state index is 13.2. The average molecular weight is 480 g/mol. The summed E-state index contributed by atoms with van der Waals surface area (Å²) in [7, 11) is 1.95. The molecule has 0 radical (unpaired) electrons. The Labute approximate surface area is 204 Å². The molecule has 0 spiro atoms. The molecule has 186 valence electrons. The van der Waals surface area contributed by atoms with Gasteiger partial charge in [0.25, 0.3) is 0 Å². The van der Waals surface area contributed by atoms with E-state index in [-0.39, 0.29) is 30.7 Å². The van der Waals surface area contributed by atoms with E-state index < -0.39 is 0 Å². The van der Waals surface area contributed by atoms with Gasteiger partial charge in [-0.25, -0.2) is 4.79 Å². The van der Waals surface area contributed by atoms with Gasteiger partial charge in [0.1, 0.15) is 0 Å². The zero-order valence-corrected chi connectivity index (χ0v) is 20.9. The molecule has 0 aromatic heterocycles. The molecule has 33 heavy (non-hydrogen) atoms. The van der Waals surface area contributed by atoms with Crippen LogP contribution in [0.4, 0.5) is 4.79 Å². The van der Waals surface area contributed by atoms with Gasteiger partial charge in [-0.2, -0.15) is 0 Å². The van der Waals surface area contributed by atoms with Crippen LogP contribution in [0.2, 0.25) is 5.02 Å². The lowest BCUT2D eigenvalue weighted by Gasteiger charge is -2.38. The zero-order valence-electron chi connectivity index (χ0n) is 20.1. The normalized spacial score (nSPS) is 21.5. The van der Waals surface area contributed by atoms with E-state index in [2.05, 4.69) is 10.6 Å². The maximum atomic E-state index is 13.2. The number of likely N-dealkylation sites (N-methyl/N-ethyl adjacent to an activating group) is 1. The van der Waals surface area contributed by atoms with Gasteiger partial charge < -0.3 is 25.4 Å². The van der Waals surface area contributed by atoms with Crippen molar-refractivity contribution in [1.29, 1.82) is 0 Å². The number of carbonyl (C=O) groups is 1. The highest BCUT2D eigenvalue weighted by molar-refractivity contribution is 6.30. The van der Waals surface area contributed by atoms with Crippen molar-refractivity contribution in [3.63, 3.8) is 0 Å². The van der Waals surface area contributed by atoms with Crippen molar-refractivity contribution in [1.82, 2.24) is 15.5 Å². The minimum Gasteiger partial charge on any atom is -0.396 e. The second kappa shape index (κ2) is 14.1. The monoisotopic (exact) mass is 479 g/mol. The van der Waals surface area contributed by atoms with Gasteiger partial charge in [0.05, 0.1) is 6.10 Å². The van der Waals surface area contributed by atoms with Crippen LogP contribution >= 0.6 is 11.6 Å². The number of aliphatic hydroxyl groups excluding tert-OH is 1. The van der Waals surface area contributed by atoms with Crippen LogP contribution in [-0.2, 0) is 4.74 Å². The van der Waals surface area contributed by atoms with Crippen LogP contribution in [0.1, 0.15) is 69.5 Å². The fraction of sp³-hybridized carbons (Fsp3) is 0.731. The van der Waals surface area contributed by atoms with Crippen molar-refractivity contribution >= 4 is 17.6 Å². The number of nitrogens with zero attached hydrogens (tertiary/aromatic N) is 1. The molecular weight excluding hydrogens is 438 g/mol. The predicted molar refractivity (Wildman–Crippen MR) is 134 cm³/mol. The lowest BCUT2D eigenvalue weighted by molar-refractivity contribution is -0.0150. The Bertz CT molecular complexity index is 714. The minimum absolute atomic E-state index is 0.0379. The number of benzene rings is 1. The first-order valence-corrected chi connectivity index (χ1v) is 13.2. The highest BCUT2D eigenvalue weighted by Gasteiger charge is 2.32. The molecule has 1 aromatic rings. The zero-order chi connectivity index (χ0) is 23.5. The van der Waals surface area contributed by atoms with E-state index in [0.717, 1.165) is 43.8 Å². The third kappa shape index (κ3) is 8.43. The Kier molecular flexibility index (Phi) is 11.3. The number of amides is 2. The molecule has 2 aliphatic rings. The number of hydrogen-bond acceptors (Lipinski definition) is 4. The summed E-state index contributed by atoms with van der Waals surface area (Å²) in [5.41, 5.74) is 1.04. The number of aliphatic hydroxyl groups is 1. The van der Waals surface area contributed by atoms with E-state index in [4.69, 9.17) is 16.3 Å². The van der Waals surface area contributed by atoms with Crippen LogP contribution < -0.4 is 10.6 Å². The van der Waals surface area contributed by atoms with Crippen LogP contribution in [0.25, 0.3) is 0 Å². The Balaban J connectivity index is 1.62. The van der Waals surface area contributed by atoms with Gasteiger partial charge in [-0.3, -0.25) is 0 Å². The number of urea groups is 1. The number of likely N-dealkylation sites (tertiary alicyclic amines) is 1. The Morgan fingerprint density at radius 2 is 2.06 bits per heavy atom. The molecule has 3 atom stereocenters. The van der Waals surface area contributed by atoms with E-state index in [1.54, 1.807) is 0 Å². The standard InChI is InChI=1S/C26H42ClN3O3/c1-28-18-24(16-20-8-3-2-4-9-20)29-26(32)30-13-6-11-22(19-30)25(33-15-7-14-31)21-10-5-12-23(27)17-21/h5,10,12,17,20,22,24-25,28,31H,2-4,6-9,11,13-16,18-19H2,1H3,(H,29,32)/t22-,24+,25+/m1/s1. The highest BCUT2D eigenvalue weighted by atomic mass is 35.5. The van der Waals surface area contributed by atoms with Crippen molar-refractivity contribution in [2.45, 2.75) is 69.9 Å². The van der Waals surface area contributed by atoms with Gasteiger partial charge in [-0.05, 0) is 56.3 Å². The number of carbonyl (C=O) groups excluding carboxylic acids is 1. The summed E-state index contributed by atoms with van der Waals surface area (Å²) >= 11 is 6.26. The molecule has 1 aromatic carbocycles. The number of hydrogen-bond donors (Lipinski definition) is 3. The van der Waals surface area contributed by atoms with Gasteiger partial charge in [0.15, 0.2) is 0 Å². The van der Waals surface area contributed by atoms with Crippen LogP contribution in [-0.4, -0.2) is 62.0 Å². The Morgan fingerprint density at radius 3 is 2.79 bits per heavy atom. The topological polar surface area (TPSA) is 73.8 Å². The maximum Gasteiger partial charge on any atom is 0.317 e. The van der Waals surface area contributed by atoms with Crippen LogP contribution in [0.15, 0.2) is 24.3 Å². The van der Waals surface area contributed by atoms with Gasteiger partial charge in [0, 0.05) is 49.8 Å². The molecular formula is C26H42ClN3O3. The Hall–Kier alpha value is -1.34. The predicted octanol–water partition coefficient (Wildman–Crippen LogP) is 4.76. The molecule has 1 saturated heterocycles. The third-order valence-corrected chi connectivity index (χ3v) is 7.31. The summed E-state index contributed by atoms with van der Waals surface area (Å²) in [5.74, 6) is 0.918. The van der Waals surface area contributed by atoms with Crippen LogP contribution in [0.3, 0.4) is 0 Å². The number of piperidine rings is 1. The fourth-order valence-electron chi connectivity index (χ4n) is 5.44. The summed E-state index contributed by atoms with van der Waals surface area (Å²) < 4.78 is 6.22. The van der Waals surface area contributed by atoms with E-state index in [1.165, 1.54) is 32.1 Å². The van der Waals surface area contributed by atoms with Gasteiger partial charge in [-0.1, -0.05) is 55.8 Å². The second-order valence-electron chi connectivity index (χ2n) is 9.72. The number of halogens is 1. The molecule has 6 nitrogen and oxygen atoms in total. The average Bonchev–Trinajstić information content (AvgIpc) is 2.83. The van der Waals surface area contributed by atoms with E-state index in [1.807, 2.05) is 36.2 Å². The highest BCUT2D eigenvalue weighted by Crippen LogP contribution is 2.34. The summed E-state index contributed by atoms with van der Waals surface area (Å²) in [5, 5.41) is 16.5. The summed E-state index contributed by atoms with van der Waals surface area (Å²) in [6.45, 7) is 2.83. The first-order valence-electron chi connectivity index (χ1n) is 12.8. The van der Waals surface area contributed by atoms with E-state index >= 15 is 0 Å². The second-order valence-corrected chi connectivity index (χ2v) is 10.2. The molecule has 1 aliphatic heterocycles. The van der Waals surface area contributed by atoms with Gasteiger partial charge >= 0.3 is 6.03 Å². The SMILES string of the molecule is CNC[C@H](CC1CCCCC1)NC(=O)N1CCC[C@@H]([C@@H](OCCCO)c2cccc(Cl)c2)C1. The van der Waals surface area contributed by atoms with Crippen molar-refractivity contribution in [3.8, 4) is 0 Å². The Morgan fingerprint density at radius 1 is 1.24 bits per heavy atom. The molecule has 0 bridgehead atoms. The molecule has 0 unspecified atom stereocenters. The van der Waals surface area contributed by atoms with Crippen molar-refractivity contribution < 1.29 is 14.6 Å². The number of ether oxygens (including phenoxy) is 1. The lowest BCUT2D eigenvalue weighted by atomic mass is 9.85. The van der Waals surface area contributed by atoms with Crippen molar-refractivity contribution in [2.24, 2.45) is 11.8 Å². The first-order chi connectivity index (χ1) is 16.1. The fourth-order valence-corrected chi connectivity index (χ4v) is 5.63.